The first-order chi connectivity index (χ1) is 20.5. The summed E-state index contributed by atoms with van der Waals surface area (Å²) in [7, 11) is 1.28. The molecule has 0 aliphatic heterocycles. The van der Waals surface area contributed by atoms with Gasteiger partial charge >= 0.3 is 18.2 Å². The largest absolute Gasteiger partial charge is 0.465 e. The van der Waals surface area contributed by atoms with E-state index in [4.69, 9.17) is 16.3 Å². The maximum Gasteiger partial charge on any atom is 0.417 e. The first kappa shape index (κ1) is 30.5. The highest BCUT2D eigenvalue weighted by atomic mass is 35.5. The molecule has 0 spiro atoms. The average Bonchev–Trinajstić information content (AvgIpc) is 2.98. The van der Waals surface area contributed by atoms with E-state index < -0.39 is 34.7 Å². The van der Waals surface area contributed by atoms with Crippen LogP contribution < -0.4 is 20.8 Å². The Morgan fingerprint density at radius 3 is 2.23 bits per heavy atom. The minimum absolute atomic E-state index is 0.0292. The first-order valence-corrected chi connectivity index (χ1v) is 12.6. The fraction of sp³-hybridized carbons (Fsp3) is 0.0690. The second kappa shape index (κ2) is 13.5. The fourth-order valence-electron chi connectivity index (χ4n) is 3.50. The van der Waals surface area contributed by atoms with Crippen molar-refractivity contribution in [1.29, 1.82) is 0 Å². The highest BCUT2D eigenvalue weighted by Crippen LogP contribution is 2.36. The van der Waals surface area contributed by atoms with Gasteiger partial charge in [-0.1, -0.05) is 23.7 Å². The number of ether oxygens (including phenoxy) is 2. The van der Waals surface area contributed by atoms with Gasteiger partial charge in [-0.3, -0.25) is 9.78 Å². The van der Waals surface area contributed by atoms with Gasteiger partial charge in [0, 0.05) is 23.6 Å². The number of urea groups is 1. The van der Waals surface area contributed by atoms with Crippen molar-refractivity contribution >= 4 is 47.1 Å². The number of hydrogen-bond donors (Lipinski definition) is 3. The Kier molecular flexibility index (Phi) is 9.58. The number of alkyl halides is 3. The second-order valence-corrected chi connectivity index (χ2v) is 8.99. The number of esters is 1. The van der Waals surface area contributed by atoms with E-state index in [2.05, 4.69) is 30.9 Å². The third kappa shape index (κ3) is 8.53. The lowest BCUT2D eigenvalue weighted by molar-refractivity contribution is -0.137. The van der Waals surface area contributed by atoms with Crippen LogP contribution in [0.4, 0.5) is 29.3 Å². The quantitative estimate of drug-likeness (QED) is 0.115. The molecule has 0 unspecified atom stereocenters. The summed E-state index contributed by atoms with van der Waals surface area (Å²) in [5, 5.41) is 8.23. The van der Waals surface area contributed by atoms with E-state index in [1.807, 2.05) is 0 Å². The van der Waals surface area contributed by atoms with Gasteiger partial charge in [-0.05, 0) is 66.2 Å². The molecule has 0 aliphatic carbocycles. The number of nitrogens with one attached hydrogen (secondary N) is 3. The van der Waals surface area contributed by atoms with E-state index in [1.54, 1.807) is 24.3 Å². The van der Waals surface area contributed by atoms with Crippen molar-refractivity contribution in [3.8, 4) is 11.5 Å². The fourth-order valence-corrected chi connectivity index (χ4v) is 3.73. The molecule has 10 nitrogen and oxygen atoms in total. The number of halogens is 4. The molecule has 0 saturated carbocycles. The number of anilines is 2. The lowest BCUT2D eigenvalue weighted by Crippen LogP contribution is -2.19. The van der Waals surface area contributed by atoms with Crippen LogP contribution in [0.15, 0.2) is 90.2 Å². The summed E-state index contributed by atoms with van der Waals surface area (Å²) >= 11 is 5.60. The van der Waals surface area contributed by atoms with Crippen LogP contribution in [-0.2, 0) is 10.9 Å². The number of carbonyl (C=O) groups is 3. The zero-order valence-corrected chi connectivity index (χ0v) is 22.9. The number of amides is 3. The molecular weight excluding hydrogens is 591 g/mol. The van der Waals surface area contributed by atoms with Gasteiger partial charge in [-0.15, -0.1) is 0 Å². The minimum atomic E-state index is -4.67. The van der Waals surface area contributed by atoms with Crippen LogP contribution in [0.25, 0.3) is 0 Å². The minimum Gasteiger partial charge on any atom is -0.465 e. The van der Waals surface area contributed by atoms with Crippen molar-refractivity contribution in [2.75, 3.05) is 17.7 Å². The predicted molar refractivity (Wildman–Crippen MR) is 153 cm³/mol. The van der Waals surface area contributed by atoms with Crippen molar-refractivity contribution in [3.63, 3.8) is 0 Å². The Hall–Kier alpha value is -5.43. The SMILES string of the molecule is COC(=O)c1ccc(C=NNC(=O)c2cc(Oc3ccc(NC(=O)Nc4ccc(Cl)c(C(F)(F)F)c4)cc3)ccn2)cc1. The molecule has 0 bridgehead atoms. The van der Waals surface area contributed by atoms with Crippen LogP contribution in [0.2, 0.25) is 5.02 Å². The van der Waals surface area contributed by atoms with Crippen LogP contribution in [0.3, 0.4) is 0 Å². The van der Waals surface area contributed by atoms with Crippen molar-refractivity contribution < 1.29 is 37.0 Å². The summed E-state index contributed by atoms with van der Waals surface area (Å²) in [6, 6.07) is 17.7. The van der Waals surface area contributed by atoms with E-state index in [0.29, 0.717) is 28.3 Å². The third-order valence-electron chi connectivity index (χ3n) is 5.55. The Balaban J connectivity index is 1.31. The number of hydrazone groups is 1. The number of hydrogen-bond acceptors (Lipinski definition) is 7. The van der Waals surface area contributed by atoms with E-state index in [-0.39, 0.29) is 11.4 Å². The molecule has 0 radical (unpaired) electrons. The Morgan fingerprint density at radius 2 is 1.56 bits per heavy atom. The van der Waals surface area contributed by atoms with Crippen LogP contribution >= 0.6 is 11.6 Å². The molecule has 0 saturated heterocycles. The highest BCUT2D eigenvalue weighted by molar-refractivity contribution is 6.31. The van der Waals surface area contributed by atoms with Gasteiger partial charge in [0.2, 0.25) is 0 Å². The van der Waals surface area contributed by atoms with Crippen molar-refractivity contribution in [2.24, 2.45) is 5.10 Å². The number of benzene rings is 3. The molecular formula is C29H21ClF3N5O5. The molecule has 3 N–H and O–H groups in total. The van der Waals surface area contributed by atoms with Gasteiger partial charge in [0.05, 0.1) is 29.5 Å². The summed E-state index contributed by atoms with van der Waals surface area (Å²) in [5.74, 6) is -0.404. The van der Waals surface area contributed by atoms with Crippen molar-refractivity contribution in [3.05, 3.63) is 112 Å². The van der Waals surface area contributed by atoms with Crippen molar-refractivity contribution in [2.45, 2.75) is 6.18 Å². The lowest BCUT2D eigenvalue weighted by atomic mass is 10.1. The lowest BCUT2D eigenvalue weighted by Gasteiger charge is -2.12. The van der Waals surface area contributed by atoms with E-state index in [9.17, 15) is 27.6 Å². The summed E-state index contributed by atoms with van der Waals surface area (Å²) in [5.41, 5.74) is 2.57. The summed E-state index contributed by atoms with van der Waals surface area (Å²) < 4.78 is 49.5. The zero-order chi connectivity index (χ0) is 31.0. The summed E-state index contributed by atoms with van der Waals surface area (Å²) in [6.07, 6.45) is -1.90. The van der Waals surface area contributed by atoms with E-state index in [1.165, 1.54) is 62.0 Å². The molecule has 3 amide bonds. The van der Waals surface area contributed by atoms with Crippen LogP contribution in [0.1, 0.15) is 32.0 Å². The molecule has 3 aromatic carbocycles. The van der Waals surface area contributed by atoms with Gasteiger partial charge in [-0.2, -0.15) is 18.3 Å². The van der Waals surface area contributed by atoms with Crippen LogP contribution in [0, 0.1) is 0 Å². The number of pyridine rings is 1. The highest BCUT2D eigenvalue weighted by Gasteiger charge is 2.33. The first-order valence-electron chi connectivity index (χ1n) is 12.2. The van der Waals surface area contributed by atoms with Crippen LogP contribution in [0.5, 0.6) is 11.5 Å². The normalized spacial score (nSPS) is 11.1. The standard InChI is InChI=1S/C29H21ClF3N5O5/c1-42-27(40)18-4-2-17(3-5-18)16-35-38-26(39)25-15-22(12-13-34-25)43-21-9-6-19(7-10-21)36-28(41)37-20-8-11-24(30)23(14-20)29(31,32)33/h2-16H,1H3,(H,38,39)(H2,36,37,41). The molecule has 4 aromatic rings. The number of methoxy groups -OCH3 is 1. The van der Waals surface area contributed by atoms with E-state index in [0.717, 1.165) is 12.1 Å². The molecule has 1 heterocycles. The molecule has 14 heteroatoms. The Labute approximate surface area is 247 Å². The molecule has 220 valence electrons. The number of aromatic nitrogens is 1. The zero-order valence-electron chi connectivity index (χ0n) is 22.1. The molecule has 0 atom stereocenters. The molecule has 1 aromatic heterocycles. The molecule has 0 fully saturated rings. The smallest absolute Gasteiger partial charge is 0.417 e. The van der Waals surface area contributed by atoms with Gasteiger partial charge in [-0.25, -0.2) is 15.0 Å². The maximum atomic E-state index is 13.1. The number of rotatable bonds is 8. The number of carbonyl (C=O) groups excluding carboxylic acids is 3. The number of nitrogens with zero attached hydrogens (tertiary/aromatic N) is 2. The monoisotopic (exact) mass is 611 g/mol. The molecule has 4 rings (SSSR count). The topological polar surface area (TPSA) is 131 Å². The summed E-state index contributed by atoms with van der Waals surface area (Å²) in [6.45, 7) is 0. The van der Waals surface area contributed by atoms with Gasteiger partial charge < -0.3 is 20.1 Å². The third-order valence-corrected chi connectivity index (χ3v) is 5.88. The predicted octanol–water partition coefficient (Wildman–Crippen LogP) is 6.74. The van der Waals surface area contributed by atoms with Gasteiger partial charge in [0.15, 0.2) is 0 Å². The van der Waals surface area contributed by atoms with Crippen molar-refractivity contribution in [1.82, 2.24) is 10.4 Å². The maximum absolute atomic E-state index is 13.1. The second-order valence-electron chi connectivity index (χ2n) is 8.59. The van der Waals surface area contributed by atoms with Crippen LogP contribution in [-0.4, -0.2) is 36.2 Å². The van der Waals surface area contributed by atoms with Gasteiger partial charge in [0.1, 0.15) is 17.2 Å². The average molecular weight is 612 g/mol. The summed E-state index contributed by atoms with van der Waals surface area (Å²) in [4.78, 5) is 40.3. The van der Waals surface area contributed by atoms with Gasteiger partial charge in [0.25, 0.3) is 5.91 Å². The Morgan fingerprint density at radius 1 is 0.884 bits per heavy atom. The molecule has 0 aliphatic rings. The van der Waals surface area contributed by atoms with E-state index >= 15 is 0 Å². The Bertz CT molecular complexity index is 1660. The molecule has 43 heavy (non-hydrogen) atoms.